The van der Waals surface area contributed by atoms with Gasteiger partial charge in [-0.25, -0.2) is 9.97 Å². The molecule has 8 heteroatoms. The molecule has 1 aliphatic rings. The van der Waals surface area contributed by atoms with Gasteiger partial charge in [-0.1, -0.05) is 11.8 Å². The van der Waals surface area contributed by atoms with Crippen molar-refractivity contribution in [1.82, 2.24) is 9.97 Å². The minimum absolute atomic E-state index is 0.324. The van der Waals surface area contributed by atoms with Gasteiger partial charge < -0.3 is 14.4 Å². The van der Waals surface area contributed by atoms with Gasteiger partial charge in [0.2, 0.25) is 0 Å². The molecule has 3 rings (SSSR count). The second-order valence-corrected chi connectivity index (χ2v) is 7.51. The fourth-order valence-corrected chi connectivity index (χ4v) is 4.59. The van der Waals surface area contributed by atoms with Gasteiger partial charge in [-0.3, -0.25) is 4.57 Å². The standard InChI is InChI=1S/C14H16N3O3PS/c1-3-19-21(18,20-4-2)10-5-6-12-11(9-10)17-13-14(22-12)16-8-7-15-13/h5-9H,3-4H2,1-2H3,(H,15,17). The van der Waals surface area contributed by atoms with Crippen molar-refractivity contribution >= 4 is 36.2 Å². The van der Waals surface area contributed by atoms with E-state index in [1.165, 1.54) is 11.8 Å². The maximum absolute atomic E-state index is 12.8. The van der Waals surface area contributed by atoms with Crippen molar-refractivity contribution in [1.29, 1.82) is 0 Å². The average Bonchev–Trinajstić information content (AvgIpc) is 2.53. The molecule has 0 amide bonds. The Morgan fingerprint density at radius 3 is 2.64 bits per heavy atom. The Hall–Kier alpha value is -1.40. The molecule has 22 heavy (non-hydrogen) atoms. The molecule has 1 aliphatic heterocycles. The summed E-state index contributed by atoms with van der Waals surface area (Å²) in [6, 6.07) is 5.47. The molecule has 0 saturated carbocycles. The second-order valence-electron chi connectivity index (χ2n) is 4.45. The normalized spacial score (nSPS) is 13.2. The zero-order valence-corrected chi connectivity index (χ0v) is 14.0. The van der Waals surface area contributed by atoms with Crippen LogP contribution >= 0.6 is 19.4 Å². The number of aromatic nitrogens is 2. The van der Waals surface area contributed by atoms with Crippen molar-refractivity contribution in [3.05, 3.63) is 30.6 Å². The van der Waals surface area contributed by atoms with Crippen molar-refractivity contribution < 1.29 is 13.6 Å². The highest BCUT2D eigenvalue weighted by Crippen LogP contribution is 2.49. The molecular formula is C14H16N3O3PS. The first-order valence-corrected chi connectivity index (χ1v) is 9.32. The van der Waals surface area contributed by atoms with E-state index in [1.807, 2.05) is 6.07 Å². The molecule has 6 nitrogen and oxygen atoms in total. The van der Waals surface area contributed by atoms with E-state index < -0.39 is 7.60 Å². The molecular weight excluding hydrogens is 321 g/mol. The van der Waals surface area contributed by atoms with Gasteiger partial charge in [-0.2, -0.15) is 0 Å². The van der Waals surface area contributed by atoms with Crippen molar-refractivity contribution in [3.8, 4) is 0 Å². The summed E-state index contributed by atoms with van der Waals surface area (Å²) in [5.41, 5.74) is 0.829. The largest absolute Gasteiger partial charge is 0.361 e. The highest BCUT2D eigenvalue weighted by atomic mass is 32.2. The number of fused-ring (bicyclic) bond motifs is 2. The molecule has 116 valence electrons. The van der Waals surface area contributed by atoms with Crippen LogP contribution in [0.1, 0.15) is 13.8 Å². The molecule has 0 radical (unpaired) electrons. The van der Waals surface area contributed by atoms with E-state index in [9.17, 15) is 4.57 Å². The van der Waals surface area contributed by atoms with Crippen molar-refractivity contribution in [3.63, 3.8) is 0 Å². The van der Waals surface area contributed by atoms with Crippen molar-refractivity contribution in [2.75, 3.05) is 18.5 Å². The van der Waals surface area contributed by atoms with Gasteiger partial charge in [0.05, 0.1) is 24.2 Å². The number of hydrogen-bond donors (Lipinski definition) is 1. The first-order chi connectivity index (χ1) is 10.7. The Balaban J connectivity index is 1.97. The maximum atomic E-state index is 12.8. The summed E-state index contributed by atoms with van der Waals surface area (Å²) in [6.45, 7) is 4.24. The number of nitrogens with one attached hydrogen (secondary N) is 1. The predicted molar refractivity (Wildman–Crippen MR) is 86.4 cm³/mol. The number of rotatable bonds is 5. The lowest BCUT2D eigenvalue weighted by Crippen LogP contribution is -2.13. The Labute approximate surface area is 133 Å². The van der Waals surface area contributed by atoms with Crippen molar-refractivity contribution in [2.45, 2.75) is 23.8 Å². The van der Waals surface area contributed by atoms with Gasteiger partial charge in [0.1, 0.15) is 5.03 Å². The van der Waals surface area contributed by atoms with E-state index in [2.05, 4.69) is 15.3 Å². The second kappa shape index (κ2) is 6.38. The van der Waals surface area contributed by atoms with E-state index in [4.69, 9.17) is 9.05 Å². The first-order valence-electron chi connectivity index (χ1n) is 6.96. The molecule has 0 saturated heterocycles. The summed E-state index contributed by atoms with van der Waals surface area (Å²) in [6.07, 6.45) is 3.29. The zero-order valence-electron chi connectivity index (χ0n) is 12.3. The van der Waals surface area contributed by atoms with E-state index in [0.717, 1.165) is 15.6 Å². The fraction of sp³-hybridized carbons (Fsp3) is 0.286. The zero-order chi connectivity index (χ0) is 15.6. The van der Waals surface area contributed by atoms with Gasteiger partial charge in [-0.05, 0) is 32.0 Å². The van der Waals surface area contributed by atoms with E-state index in [-0.39, 0.29) is 0 Å². The van der Waals surface area contributed by atoms with E-state index in [0.29, 0.717) is 24.3 Å². The highest BCUT2D eigenvalue weighted by Gasteiger charge is 2.28. The van der Waals surface area contributed by atoms with Crippen LogP contribution in [0.5, 0.6) is 0 Å². The van der Waals surface area contributed by atoms with Crippen LogP contribution in [0.2, 0.25) is 0 Å². The quantitative estimate of drug-likeness (QED) is 0.713. The van der Waals surface area contributed by atoms with Gasteiger partial charge in [0.25, 0.3) is 0 Å². The molecule has 1 aromatic heterocycles. The van der Waals surface area contributed by atoms with Gasteiger partial charge in [0, 0.05) is 17.3 Å². The lowest BCUT2D eigenvalue weighted by atomic mass is 10.3. The molecule has 0 unspecified atom stereocenters. The van der Waals surface area contributed by atoms with Gasteiger partial charge in [-0.15, -0.1) is 0 Å². The van der Waals surface area contributed by atoms with E-state index in [1.54, 1.807) is 38.4 Å². The third-order valence-electron chi connectivity index (χ3n) is 3.00. The lowest BCUT2D eigenvalue weighted by molar-refractivity contribution is 0.230. The summed E-state index contributed by atoms with van der Waals surface area (Å²) >= 11 is 1.52. The van der Waals surface area contributed by atoms with Crippen LogP contribution in [-0.2, 0) is 13.6 Å². The molecule has 0 bridgehead atoms. The third kappa shape index (κ3) is 2.90. The summed E-state index contributed by atoms with van der Waals surface area (Å²) in [5.74, 6) is 0.694. The fourth-order valence-electron chi connectivity index (χ4n) is 2.12. The van der Waals surface area contributed by atoms with Crippen LogP contribution in [-0.4, -0.2) is 23.2 Å². The molecule has 1 aromatic carbocycles. The Morgan fingerprint density at radius 2 is 1.91 bits per heavy atom. The molecule has 2 aromatic rings. The SMILES string of the molecule is CCOP(=O)(OCC)c1ccc2c(c1)Nc1nccnc1S2. The Bertz CT molecular complexity index is 731. The molecule has 0 aliphatic carbocycles. The summed E-state index contributed by atoms with van der Waals surface area (Å²) in [5, 5.41) is 4.57. The third-order valence-corrected chi connectivity index (χ3v) is 6.18. The maximum Gasteiger partial charge on any atom is 0.361 e. The van der Waals surface area contributed by atoms with Gasteiger partial charge >= 0.3 is 7.60 Å². The Kier molecular flexibility index (Phi) is 4.49. The predicted octanol–water partition coefficient (Wildman–Crippen LogP) is 3.58. The van der Waals surface area contributed by atoms with E-state index >= 15 is 0 Å². The van der Waals surface area contributed by atoms with Crippen molar-refractivity contribution in [2.24, 2.45) is 0 Å². The van der Waals surface area contributed by atoms with Crippen LogP contribution in [0, 0.1) is 0 Å². The van der Waals surface area contributed by atoms with Crippen LogP contribution in [0.3, 0.4) is 0 Å². The van der Waals surface area contributed by atoms with Crippen LogP contribution in [0.15, 0.2) is 40.5 Å². The number of anilines is 2. The molecule has 0 fully saturated rings. The highest BCUT2D eigenvalue weighted by molar-refractivity contribution is 7.99. The monoisotopic (exact) mass is 337 g/mol. The Morgan fingerprint density at radius 1 is 1.18 bits per heavy atom. The summed E-state index contributed by atoms with van der Waals surface area (Å²) in [7, 11) is -3.29. The first kappa shape index (κ1) is 15.5. The van der Waals surface area contributed by atoms with Gasteiger partial charge in [0.15, 0.2) is 5.82 Å². The smallest absolute Gasteiger partial charge is 0.337 e. The average molecular weight is 337 g/mol. The number of benzene rings is 1. The minimum atomic E-state index is -3.29. The molecule has 0 atom stereocenters. The number of nitrogens with zero attached hydrogens (tertiary/aromatic N) is 2. The van der Waals surface area contributed by atoms with Crippen LogP contribution < -0.4 is 10.6 Å². The summed E-state index contributed by atoms with van der Waals surface area (Å²) in [4.78, 5) is 9.54. The van der Waals surface area contributed by atoms with Crippen LogP contribution in [0.4, 0.5) is 11.5 Å². The molecule has 0 spiro atoms. The molecule has 1 N–H and O–H groups in total. The molecule has 2 heterocycles. The minimum Gasteiger partial charge on any atom is -0.337 e. The van der Waals surface area contributed by atoms with Crippen LogP contribution in [0.25, 0.3) is 0 Å². The number of hydrogen-bond acceptors (Lipinski definition) is 7. The summed E-state index contributed by atoms with van der Waals surface area (Å²) < 4.78 is 23.6. The lowest BCUT2D eigenvalue weighted by Gasteiger charge is -2.22. The topological polar surface area (TPSA) is 73.3 Å².